The Bertz CT molecular complexity index is 605. The third-order valence-corrected chi connectivity index (χ3v) is 3.81. The van der Waals surface area contributed by atoms with Gasteiger partial charge in [-0.3, -0.25) is 4.79 Å². The van der Waals surface area contributed by atoms with Gasteiger partial charge < -0.3 is 4.74 Å². The molecule has 1 aromatic rings. The number of carbonyl (C=O) groups is 2. The molecule has 22 heavy (non-hydrogen) atoms. The molecule has 2 rings (SSSR count). The zero-order valence-corrected chi connectivity index (χ0v) is 13.5. The predicted octanol–water partition coefficient (Wildman–Crippen LogP) is 3.16. The second kappa shape index (κ2) is 6.64. The Labute approximate surface area is 131 Å². The number of rotatable bonds is 2. The Kier molecular flexibility index (Phi) is 4.85. The minimum atomic E-state index is -0.491. The van der Waals surface area contributed by atoms with E-state index < -0.39 is 6.09 Å². The fourth-order valence-corrected chi connectivity index (χ4v) is 2.28. The molecule has 0 atom stereocenters. The van der Waals surface area contributed by atoms with Gasteiger partial charge in [-0.1, -0.05) is 28.8 Å². The molecule has 0 saturated carbocycles. The fourth-order valence-electron chi connectivity index (χ4n) is 2.28. The molecule has 0 N–H and O–H groups in total. The first-order chi connectivity index (χ1) is 10.4. The number of aryl methyl sites for hydroxylation is 1. The Balaban J connectivity index is 2.30. The van der Waals surface area contributed by atoms with Crippen molar-refractivity contribution in [1.82, 2.24) is 10.0 Å². The van der Waals surface area contributed by atoms with E-state index in [1.807, 2.05) is 32.9 Å². The molecule has 2 amide bonds. The largest absolute Gasteiger partial charge is 0.448 e. The van der Waals surface area contributed by atoms with E-state index in [0.29, 0.717) is 18.7 Å². The van der Waals surface area contributed by atoms with E-state index in [2.05, 4.69) is 0 Å². The first-order valence-corrected chi connectivity index (χ1v) is 7.42. The Morgan fingerprint density at radius 2 is 1.55 bits per heavy atom. The van der Waals surface area contributed by atoms with Crippen molar-refractivity contribution >= 4 is 12.0 Å². The molecule has 118 valence electrons. The van der Waals surface area contributed by atoms with Gasteiger partial charge in [0.2, 0.25) is 0 Å². The number of benzene rings is 1. The third kappa shape index (κ3) is 3.30. The van der Waals surface area contributed by atoms with Crippen LogP contribution in [0, 0.1) is 6.92 Å². The van der Waals surface area contributed by atoms with Gasteiger partial charge >= 0.3 is 6.09 Å². The van der Waals surface area contributed by atoms with Crippen LogP contribution in [0.15, 0.2) is 35.4 Å². The van der Waals surface area contributed by atoms with Crippen molar-refractivity contribution in [3.8, 4) is 0 Å². The van der Waals surface area contributed by atoms with E-state index in [0.717, 1.165) is 16.7 Å². The lowest BCUT2D eigenvalue weighted by Crippen LogP contribution is -2.53. The highest BCUT2D eigenvalue weighted by Gasteiger charge is 2.31. The van der Waals surface area contributed by atoms with E-state index in [1.54, 1.807) is 19.1 Å². The molecular formula is C17H22N2O3. The summed E-state index contributed by atoms with van der Waals surface area (Å²) < 4.78 is 5.07. The summed E-state index contributed by atoms with van der Waals surface area (Å²) in [5, 5.41) is 2.85. The Morgan fingerprint density at radius 3 is 2.09 bits per heavy atom. The maximum Gasteiger partial charge on any atom is 0.429 e. The lowest BCUT2D eigenvalue weighted by Gasteiger charge is -2.38. The Hall–Kier alpha value is -2.30. The van der Waals surface area contributed by atoms with Gasteiger partial charge in [0.15, 0.2) is 0 Å². The van der Waals surface area contributed by atoms with Crippen LogP contribution >= 0.6 is 0 Å². The molecular weight excluding hydrogens is 280 g/mol. The quantitative estimate of drug-likeness (QED) is 0.788. The van der Waals surface area contributed by atoms with E-state index in [9.17, 15) is 9.59 Å². The van der Waals surface area contributed by atoms with Crippen LogP contribution < -0.4 is 0 Å². The monoisotopic (exact) mass is 302 g/mol. The van der Waals surface area contributed by atoms with Crippen molar-refractivity contribution < 1.29 is 14.3 Å². The molecule has 1 aliphatic heterocycles. The second-order valence-corrected chi connectivity index (χ2v) is 5.55. The van der Waals surface area contributed by atoms with E-state index in [-0.39, 0.29) is 12.5 Å². The van der Waals surface area contributed by atoms with Gasteiger partial charge in [-0.25, -0.2) is 14.8 Å². The van der Waals surface area contributed by atoms with E-state index >= 15 is 0 Å². The highest BCUT2D eigenvalue weighted by Crippen LogP contribution is 2.20. The summed E-state index contributed by atoms with van der Waals surface area (Å²) in [6.07, 6.45) is -0.491. The lowest BCUT2D eigenvalue weighted by molar-refractivity contribution is -0.00716. The minimum Gasteiger partial charge on any atom is -0.448 e. The van der Waals surface area contributed by atoms with E-state index in [1.165, 1.54) is 10.0 Å². The summed E-state index contributed by atoms with van der Waals surface area (Å²) >= 11 is 0. The van der Waals surface area contributed by atoms with Crippen LogP contribution in [-0.2, 0) is 4.74 Å². The SMILES string of the molecule is CCOC(=O)N1CC(C)=C(C)CN1C(=O)c1ccc(C)cc1. The van der Waals surface area contributed by atoms with Crippen LogP contribution in [0.5, 0.6) is 0 Å². The van der Waals surface area contributed by atoms with Crippen molar-refractivity contribution in [2.75, 3.05) is 19.7 Å². The van der Waals surface area contributed by atoms with Crippen LogP contribution in [-0.4, -0.2) is 41.7 Å². The first kappa shape index (κ1) is 16.1. The molecule has 0 fully saturated rings. The number of hydrazine groups is 1. The smallest absolute Gasteiger partial charge is 0.429 e. The number of ether oxygens (including phenoxy) is 1. The molecule has 0 saturated heterocycles. The number of nitrogens with zero attached hydrogens (tertiary/aromatic N) is 2. The summed E-state index contributed by atoms with van der Waals surface area (Å²) in [5.41, 5.74) is 3.83. The molecule has 1 aromatic carbocycles. The van der Waals surface area contributed by atoms with Crippen molar-refractivity contribution in [1.29, 1.82) is 0 Å². The molecule has 1 heterocycles. The van der Waals surface area contributed by atoms with Gasteiger partial charge in [0.1, 0.15) is 0 Å². The molecule has 0 unspecified atom stereocenters. The number of amides is 2. The lowest BCUT2D eigenvalue weighted by atomic mass is 10.1. The normalized spacial score (nSPS) is 15.1. The molecule has 5 heteroatoms. The minimum absolute atomic E-state index is 0.195. The third-order valence-electron chi connectivity index (χ3n) is 3.81. The average Bonchev–Trinajstić information content (AvgIpc) is 2.50. The molecule has 0 aliphatic carbocycles. The van der Waals surface area contributed by atoms with E-state index in [4.69, 9.17) is 4.74 Å². The molecule has 0 radical (unpaired) electrons. The van der Waals surface area contributed by atoms with Gasteiger partial charge in [0.25, 0.3) is 5.91 Å². The standard InChI is InChI=1S/C17H22N2O3/c1-5-22-17(21)19-11-14(4)13(3)10-18(19)16(20)15-8-6-12(2)7-9-15/h6-9H,5,10-11H2,1-4H3. The van der Waals surface area contributed by atoms with Crippen LogP contribution in [0.25, 0.3) is 0 Å². The molecule has 0 bridgehead atoms. The highest BCUT2D eigenvalue weighted by molar-refractivity contribution is 5.95. The van der Waals surface area contributed by atoms with Gasteiger partial charge in [0.05, 0.1) is 19.7 Å². The summed E-state index contributed by atoms with van der Waals surface area (Å²) in [6.45, 7) is 8.73. The second-order valence-electron chi connectivity index (χ2n) is 5.55. The summed E-state index contributed by atoms with van der Waals surface area (Å²) in [7, 11) is 0. The van der Waals surface area contributed by atoms with Gasteiger partial charge in [0, 0.05) is 5.56 Å². The zero-order valence-electron chi connectivity index (χ0n) is 13.5. The van der Waals surface area contributed by atoms with Gasteiger partial charge in [-0.2, -0.15) is 0 Å². The Morgan fingerprint density at radius 1 is 1.00 bits per heavy atom. The van der Waals surface area contributed by atoms with Crippen LogP contribution in [0.2, 0.25) is 0 Å². The number of hydrogen-bond donors (Lipinski definition) is 0. The van der Waals surface area contributed by atoms with Crippen LogP contribution in [0.1, 0.15) is 36.7 Å². The summed E-state index contributed by atoms with van der Waals surface area (Å²) in [6, 6.07) is 7.34. The topological polar surface area (TPSA) is 49.9 Å². The van der Waals surface area contributed by atoms with Crippen molar-refractivity contribution in [2.45, 2.75) is 27.7 Å². The predicted molar refractivity (Wildman–Crippen MR) is 84.3 cm³/mol. The van der Waals surface area contributed by atoms with Crippen molar-refractivity contribution in [3.05, 3.63) is 46.5 Å². The van der Waals surface area contributed by atoms with Crippen LogP contribution in [0.4, 0.5) is 4.79 Å². The zero-order chi connectivity index (χ0) is 16.3. The average molecular weight is 302 g/mol. The molecule has 0 aromatic heterocycles. The first-order valence-electron chi connectivity index (χ1n) is 7.42. The molecule has 5 nitrogen and oxygen atoms in total. The van der Waals surface area contributed by atoms with Gasteiger partial charge in [-0.15, -0.1) is 0 Å². The maximum atomic E-state index is 12.7. The number of carbonyl (C=O) groups excluding carboxylic acids is 2. The highest BCUT2D eigenvalue weighted by atomic mass is 16.6. The van der Waals surface area contributed by atoms with Crippen LogP contribution in [0.3, 0.4) is 0 Å². The van der Waals surface area contributed by atoms with Crippen molar-refractivity contribution in [2.24, 2.45) is 0 Å². The van der Waals surface area contributed by atoms with Crippen molar-refractivity contribution in [3.63, 3.8) is 0 Å². The summed E-state index contributed by atoms with van der Waals surface area (Å²) in [4.78, 5) is 24.9. The fraction of sp³-hybridized carbons (Fsp3) is 0.412. The maximum absolute atomic E-state index is 12.7. The summed E-state index contributed by atoms with van der Waals surface area (Å²) in [5.74, 6) is -0.195. The molecule has 1 aliphatic rings. The van der Waals surface area contributed by atoms with Gasteiger partial charge in [-0.05, 0) is 39.8 Å². The molecule has 0 spiro atoms. The number of hydrogen-bond acceptors (Lipinski definition) is 3.